The van der Waals surface area contributed by atoms with E-state index in [1.165, 1.54) is 0 Å². The minimum absolute atomic E-state index is 0.453. The fourth-order valence-electron chi connectivity index (χ4n) is 1.04. The van der Waals surface area contributed by atoms with E-state index >= 15 is 0 Å². The van der Waals surface area contributed by atoms with Crippen molar-refractivity contribution in [2.45, 2.75) is 6.92 Å². The van der Waals surface area contributed by atoms with Gasteiger partial charge in [0.25, 0.3) is 0 Å². The average molecular weight is 178 g/mol. The van der Waals surface area contributed by atoms with E-state index in [9.17, 15) is 9.59 Å². The maximum absolute atomic E-state index is 10.5. The van der Waals surface area contributed by atoms with Crippen molar-refractivity contribution in [2.75, 3.05) is 10.6 Å². The third-order valence-corrected chi connectivity index (χ3v) is 1.74. The molecule has 0 fully saturated rings. The van der Waals surface area contributed by atoms with E-state index in [4.69, 9.17) is 5.73 Å². The SMILES string of the molecule is Cc1ccc(N)cc1N(C=O)C=O. The Balaban J connectivity index is 3.17. The summed E-state index contributed by atoms with van der Waals surface area (Å²) >= 11 is 0. The van der Waals surface area contributed by atoms with E-state index in [0.717, 1.165) is 10.5 Å². The van der Waals surface area contributed by atoms with Gasteiger partial charge in [0.1, 0.15) is 0 Å². The quantitative estimate of drug-likeness (QED) is 0.547. The number of carbonyl (C=O) groups excluding carboxylic acids is 2. The first-order chi connectivity index (χ1) is 6.19. The molecule has 4 heteroatoms. The van der Waals surface area contributed by atoms with Gasteiger partial charge in [-0.25, -0.2) is 0 Å². The largest absolute Gasteiger partial charge is 0.399 e. The molecule has 2 N–H and O–H groups in total. The topological polar surface area (TPSA) is 63.4 Å². The van der Waals surface area contributed by atoms with Gasteiger partial charge in [-0.1, -0.05) is 6.07 Å². The summed E-state index contributed by atoms with van der Waals surface area (Å²) in [4.78, 5) is 21.9. The van der Waals surface area contributed by atoms with Crippen LogP contribution in [0.2, 0.25) is 0 Å². The van der Waals surface area contributed by atoms with Gasteiger partial charge in [-0.15, -0.1) is 0 Å². The number of rotatable bonds is 3. The van der Waals surface area contributed by atoms with Crippen molar-refractivity contribution < 1.29 is 9.59 Å². The predicted octanol–water partition coefficient (Wildman–Crippen LogP) is 0.696. The number of aryl methyl sites for hydroxylation is 1. The van der Waals surface area contributed by atoms with Crippen molar-refractivity contribution in [1.29, 1.82) is 0 Å². The van der Waals surface area contributed by atoms with E-state index < -0.39 is 0 Å². The molecule has 0 atom stereocenters. The molecule has 2 amide bonds. The van der Waals surface area contributed by atoms with Gasteiger partial charge in [-0.3, -0.25) is 14.5 Å². The number of nitrogen functional groups attached to an aromatic ring is 1. The molecule has 0 radical (unpaired) electrons. The molecule has 0 unspecified atom stereocenters. The number of hydrogen-bond donors (Lipinski definition) is 1. The normalized spacial score (nSPS) is 9.31. The fraction of sp³-hybridized carbons (Fsp3) is 0.111. The van der Waals surface area contributed by atoms with Crippen LogP contribution < -0.4 is 10.6 Å². The lowest BCUT2D eigenvalue weighted by molar-refractivity contribution is -0.113. The molecule has 0 heterocycles. The van der Waals surface area contributed by atoms with Gasteiger partial charge in [0.05, 0.1) is 5.69 Å². The summed E-state index contributed by atoms with van der Waals surface area (Å²) < 4.78 is 0. The molecule has 1 aromatic rings. The lowest BCUT2D eigenvalue weighted by Gasteiger charge is -2.12. The summed E-state index contributed by atoms with van der Waals surface area (Å²) in [6.07, 6.45) is 0.906. The van der Waals surface area contributed by atoms with E-state index in [1.807, 2.05) is 0 Å². The Labute approximate surface area is 75.9 Å². The third-order valence-electron chi connectivity index (χ3n) is 1.74. The fourth-order valence-corrected chi connectivity index (χ4v) is 1.04. The second-order valence-corrected chi connectivity index (χ2v) is 2.66. The van der Waals surface area contributed by atoms with E-state index in [-0.39, 0.29) is 0 Å². The van der Waals surface area contributed by atoms with Crippen LogP contribution in [-0.2, 0) is 9.59 Å². The second-order valence-electron chi connectivity index (χ2n) is 2.66. The first-order valence-electron chi connectivity index (χ1n) is 3.74. The highest BCUT2D eigenvalue weighted by atomic mass is 16.2. The third kappa shape index (κ3) is 1.84. The van der Waals surface area contributed by atoms with Gasteiger partial charge < -0.3 is 5.73 Å². The molecule has 0 saturated heterocycles. The van der Waals surface area contributed by atoms with Gasteiger partial charge in [0.2, 0.25) is 12.8 Å². The number of imide groups is 1. The van der Waals surface area contributed by atoms with Crippen LogP contribution in [0.4, 0.5) is 11.4 Å². The summed E-state index contributed by atoms with van der Waals surface area (Å²) in [7, 11) is 0. The zero-order valence-corrected chi connectivity index (χ0v) is 7.23. The van der Waals surface area contributed by atoms with Gasteiger partial charge in [0.15, 0.2) is 0 Å². The molecule has 13 heavy (non-hydrogen) atoms. The Morgan fingerprint density at radius 2 is 1.92 bits per heavy atom. The minimum Gasteiger partial charge on any atom is -0.399 e. The van der Waals surface area contributed by atoms with Crippen LogP contribution in [0.3, 0.4) is 0 Å². The number of nitrogens with zero attached hydrogens (tertiary/aromatic N) is 1. The molecule has 1 aromatic carbocycles. The Bertz CT molecular complexity index is 328. The number of carbonyl (C=O) groups is 2. The summed E-state index contributed by atoms with van der Waals surface area (Å²) in [5, 5.41) is 0. The zero-order valence-electron chi connectivity index (χ0n) is 7.23. The Hall–Kier alpha value is -1.84. The lowest BCUT2D eigenvalue weighted by atomic mass is 10.2. The van der Waals surface area contributed by atoms with Crippen LogP contribution in [0, 0.1) is 6.92 Å². The number of benzene rings is 1. The van der Waals surface area contributed by atoms with Crippen LogP contribution in [0.5, 0.6) is 0 Å². The second kappa shape index (κ2) is 3.71. The van der Waals surface area contributed by atoms with Gasteiger partial charge in [-0.2, -0.15) is 0 Å². The molecule has 1 rings (SSSR count). The highest BCUT2D eigenvalue weighted by Gasteiger charge is 2.06. The molecule has 0 aliphatic rings. The van der Waals surface area contributed by atoms with Gasteiger partial charge in [0, 0.05) is 5.69 Å². The Morgan fingerprint density at radius 1 is 1.31 bits per heavy atom. The average Bonchev–Trinajstić information content (AvgIpc) is 2.13. The predicted molar refractivity (Wildman–Crippen MR) is 50.2 cm³/mol. The molecule has 68 valence electrons. The van der Waals surface area contributed by atoms with Crippen LogP contribution in [0.25, 0.3) is 0 Å². The van der Waals surface area contributed by atoms with Crippen molar-refractivity contribution in [3.05, 3.63) is 23.8 Å². The number of hydrogen-bond acceptors (Lipinski definition) is 3. The van der Waals surface area contributed by atoms with Crippen molar-refractivity contribution in [1.82, 2.24) is 0 Å². The van der Waals surface area contributed by atoms with Gasteiger partial charge >= 0.3 is 0 Å². The zero-order chi connectivity index (χ0) is 9.84. The number of nitrogens with two attached hydrogens (primary N) is 1. The van der Waals surface area contributed by atoms with Crippen LogP contribution >= 0.6 is 0 Å². The van der Waals surface area contributed by atoms with Crippen LogP contribution in [0.1, 0.15) is 5.56 Å². The Morgan fingerprint density at radius 3 is 2.46 bits per heavy atom. The molecule has 0 saturated carbocycles. The molecular weight excluding hydrogens is 168 g/mol. The maximum Gasteiger partial charge on any atom is 0.220 e. The monoisotopic (exact) mass is 178 g/mol. The first kappa shape index (κ1) is 9.25. The molecule has 0 spiro atoms. The standard InChI is InChI=1S/C9H10N2O2/c1-7-2-3-8(10)4-9(7)11(5-12)6-13/h2-6H,10H2,1H3. The van der Waals surface area contributed by atoms with Crippen molar-refractivity contribution in [3.8, 4) is 0 Å². The summed E-state index contributed by atoms with van der Waals surface area (Å²) in [5.41, 5.74) is 7.38. The summed E-state index contributed by atoms with van der Waals surface area (Å²) in [5.74, 6) is 0. The number of anilines is 2. The first-order valence-corrected chi connectivity index (χ1v) is 3.74. The maximum atomic E-state index is 10.5. The van der Waals surface area contributed by atoms with Crippen molar-refractivity contribution in [3.63, 3.8) is 0 Å². The highest BCUT2D eigenvalue weighted by molar-refractivity contribution is 5.96. The van der Waals surface area contributed by atoms with Crippen molar-refractivity contribution in [2.24, 2.45) is 0 Å². The molecule has 0 aliphatic heterocycles. The van der Waals surface area contributed by atoms with Crippen LogP contribution in [0.15, 0.2) is 18.2 Å². The Kier molecular flexibility index (Phi) is 2.64. The molecule has 0 aliphatic carbocycles. The van der Waals surface area contributed by atoms with Crippen LogP contribution in [-0.4, -0.2) is 12.8 Å². The molecule has 0 aromatic heterocycles. The summed E-state index contributed by atoms with van der Waals surface area (Å²) in [6, 6.07) is 5.05. The molecule has 0 bridgehead atoms. The molecular formula is C9H10N2O2. The van der Waals surface area contributed by atoms with E-state index in [0.29, 0.717) is 24.2 Å². The minimum atomic E-state index is 0.453. The van der Waals surface area contributed by atoms with Gasteiger partial charge in [-0.05, 0) is 24.6 Å². The van der Waals surface area contributed by atoms with E-state index in [2.05, 4.69) is 0 Å². The number of amides is 2. The van der Waals surface area contributed by atoms with E-state index in [1.54, 1.807) is 25.1 Å². The van der Waals surface area contributed by atoms with Crippen molar-refractivity contribution >= 4 is 24.2 Å². The summed E-state index contributed by atoms with van der Waals surface area (Å²) in [6.45, 7) is 1.80. The molecule has 4 nitrogen and oxygen atoms in total. The highest BCUT2D eigenvalue weighted by Crippen LogP contribution is 2.20. The lowest BCUT2D eigenvalue weighted by Crippen LogP contribution is -2.19. The smallest absolute Gasteiger partial charge is 0.220 e.